The summed E-state index contributed by atoms with van der Waals surface area (Å²) >= 11 is 0. The molecule has 2 aromatic carbocycles. The van der Waals surface area contributed by atoms with E-state index in [4.69, 9.17) is 15.7 Å². The molecule has 3 nitrogen and oxygen atoms in total. The third kappa shape index (κ3) is 2.41. The first kappa shape index (κ1) is 11.9. The van der Waals surface area contributed by atoms with Crippen molar-refractivity contribution in [1.29, 1.82) is 5.26 Å². The number of halogens is 1. The first-order valence-electron chi connectivity index (χ1n) is 5.37. The van der Waals surface area contributed by atoms with Crippen LogP contribution in [0, 0.1) is 17.1 Å². The molecular weight excluding hydrogens is 231 g/mol. The molecule has 0 saturated carbocycles. The fourth-order valence-electron chi connectivity index (χ4n) is 1.59. The Morgan fingerprint density at radius 3 is 2.67 bits per heavy atom. The number of nitriles is 1. The third-order valence-electron chi connectivity index (χ3n) is 2.51. The van der Waals surface area contributed by atoms with E-state index < -0.39 is 5.82 Å². The Morgan fingerprint density at radius 2 is 1.94 bits per heavy atom. The molecule has 0 saturated heterocycles. The number of nitrogens with zero attached hydrogens (tertiary/aromatic N) is 1. The fraction of sp³-hybridized carbons (Fsp3) is 0.0714. The molecule has 0 amide bonds. The van der Waals surface area contributed by atoms with Crippen molar-refractivity contribution >= 4 is 5.69 Å². The fourth-order valence-corrected chi connectivity index (χ4v) is 1.59. The molecule has 2 rings (SSSR count). The van der Waals surface area contributed by atoms with Crippen LogP contribution in [0.1, 0.15) is 11.1 Å². The van der Waals surface area contributed by atoms with E-state index in [0.29, 0.717) is 16.8 Å². The van der Waals surface area contributed by atoms with Crippen molar-refractivity contribution in [3.05, 3.63) is 59.4 Å². The van der Waals surface area contributed by atoms with Crippen LogP contribution in [0.4, 0.5) is 10.1 Å². The Hall–Kier alpha value is -2.54. The summed E-state index contributed by atoms with van der Waals surface area (Å²) in [6.45, 7) is 0.106. The van der Waals surface area contributed by atoms with Crippen molar-refractivity contribution < 1.29 is 9.13 Å². The molecule has 0 fully saturated rings. The second-order valence-electron chi connectivity index (χ2n) is 3.71. The van der Waals surface area contributed by atoms with Gasteiger partial charge in [-0.25, -0.2) is 4.39 Å². The van der Waals surface area contributed by atoms with Gasteiger partial charge in [-0.1, -0.05) is 24.3 Å². The van der Waals surface area contributed by atoms with Gasteiger partial charge in [-0.3, -0.25) is 0 Å². The first-order chi connectivity index (χ1) is 8.72. The van der Waals surface area contributed by atoms with Crippen LogP contribution in [0.3, 0.4) is 0 Å². The lowest BCUT2D eigenvalue weighted by Crippen LogP contribution is -2.02. The average Bonchev–Trinajstić information content (AvgIpc) is 2.38. The molecule has 0 aliphatic carbocycles. The number of benzene rings is 2. The maximum Gasteiger partial charge on any atom is 0.165 e. The summed E-state index contributed by atoms with van der Waals surface area (Å²) in [5.74, 6) is -0.274. The predicted octanol–water partition coefficient (Wildman–Crippen LogP) is 2.86. The Kier molecular flexibility index (Phi) is 3.44. The molecule has 0 heterocycles. The zero-order chi connectivity index (χ0) is 13.0. The average molecular weight is 242 g/mol. The van der Waals surface area contributed by atoms with Gasteiger partial charge in [-0.15, -0.1) is 0 Å². The lowest BCUT2D eigenvalue weighted by Gasteiger charge is -2.09. The van der Waals surface area contributed by atoms with Gasteiger partial charge in [0.25, 0.3) is 0 Å². The number of hydrogen-bond donors (Lipinski definition) is 1. The molecule has 0 unspecified atom stereocenters. The SMILES string of the molecule is N#Cc1c(N)cccc1COc1ccccc1F. The minimum Gasteiger partial charge on any atom is -0.486 e. The van der Waals surface area contributed by atoms with Crippen LogP contribution >= 0.6 is 0 Å². The molecule has 2 aromatic rings. The topological polar surface area (TPSA) is 59.0 Å². The Bertz CT molecular complexity index is 605. The second-order valence-corrected chi connectivity index (χ2v) is 3.71. The summed E-state index contributed by atoms with van der Waals surface area (Å²) < 4.78 is 18.7. The lowest BCUT2D eigenvalue weighted by molar-refractivity contribution is 0.290. The van der Waals surface area contributed by atoms with Crippen molar-refractivity contribution in [3.8, 4) is 11.8 Å². The van der Waals surface area contributed by atoms with Crippen molar-refractivity contribution in [3.63, 3.8) is 0 Å². The Balaban J connectivity index is 2.19. The van der Waals surface area contributed by atoms with Crippen LogP contribution in [0.25, 0.3) is 0 Å². The summed E-state index contributed by atoms with van der Waals surface area (Å²) in [6.07, 6.45) is 0. The predicted molar refractivity (Wildman–Crippen MR) is 66.3 cm³/mol. The Morgan fingerprint density at radius 1 is 1.17 bits per heavy atom. The molecule has 18 heavy (non-hydrogen) atoms. The zero-order valence-electron chi connectivity index (χ0n) is 9.56. The van der Waals surface area contributed by atoms with Gasteiger partial charge in [-0.2, -0.15) is 5.26 Å². The monoisotopic (exact) mass is 242 g/mol. The molecule has 0 aliphatic rings. The molecule has 0 radical (unpaired) electrons. The van der Waals surface area contributed by atoms with E-state index in [1.807, 2.05) is 6.07 Å². The highest BCUT2D eigenvalue weighted by molar-refractivity contribution is 5.57. The van der Waals surface area contributed by atoms with Crippen molar-refractivity contribution in [2.45, 2.75) is 6.61 Å². The molecule has 0 bridgehead atoms. The molecule has 0 aromatic heterocycles. The maximum absolute atomic E-state index is 13.3. The van der Waals surface area contributed by atoms with Crippen LogP contribution in [-0.4, -0.2) is 0 Å². The van der Waals surface area contributed by atoms with Crippen LogP contribution in [0.5, 0.6) is 5.75 Å². The molecule has 0 aliphatic heterocycles. The summed E-state index contributed by atoms with van der Waals surface area (Å²) in [5.41, 5.74) is 7.08. The number of nitrogen functional groups attached to an aromatic ring is 1. The standard InChI is InChI=1S/C14H11FN2O/c15-12-5-1-2-7-14(12)18-9-10-4-3-6-13(17)11(10)8-16/h1-7H,9,17H2. The molecule has 0 spiro atoms. The quantitative estimate of drug-likeness (QED) is 0.842. The molecule has 0 atom stereocenters. The van der Waals surface area contributed by atoms with E-state index in [2.05, 4.69) is 0 Å². The molecule has 90 valence electrons. The van der Waals surface area contributed by atoms with Gasteiger partial charge in [0.1, 0.15) is 12.7 Å². The minimum atomic E-state index is -0.431. The minimum absolute atomic E-state index is 0.106. The van der Waals surface area contributed by atoms with E-state index in [9.17, 15) is 4.39 Å². The van der Waals surface area contributed by atoms with Gasteiger partial charge in [0, 0.05) is 11.3 Å². The number of rotatable bonds is 3. The summed E-state index contributed by atoms with van der Waals surface area (Å²) in [4.78, 5) is 0. The van der Waals surface area contributed by atoms with Gasteiger partial charge in [0.15, 0.2) is 11.6 Å². The zero-order valence-corrected chi connectivity index (χ0v) is 9.56. The number of anilines is 1. The van der Waals surface area contributed by atoms with E-state index >= 15 is 0 Å². The highest BCUT2D eigenvalue weighted by Gasteiger charge is 2.07. The van der Waals surface area contributed by atoms with Crippen molar-refractivity contribution in [2.24, 2.45) is 0 Å². The van der Waals surface area contributed by atoms with E-state index in [-0.39, 0.29) is 12.4 Å². The van der Waals surface area contributed by atoms with Gasteiger partial charge in [-0.05, 0) is 18.2 Å². The summed E-state index contributed by atoms with van der Waals surface area (Å²) in [5, 5.41) is 8.99. The van der Waals surface area contributed by atoms with Crippen LogP contribution < -0.4 is 10.5 Å². The first-order valence-corrected chi connectivity index (χ1v) is 5.37. The molecular formula is C14H11FN2O. The van der Waals surface area contributed by atoms with Crippen molar-refractivity contribution in [2.75, 3.05) is 5.73 Å². The van der Waals surface area contributed by atoms with E-state index in [1.165, 1.54) is 12.1 Å². The van der Waals surface area contributed by atoms with E-state index in [0.717, 1.165) is 0 Å². The number of ether oxygens (including phenoxy) is 1. The smallest absolute Gasteiger partial charge is 0.165 e. The van der Waals surface area contributed by atoms with Crippen LogP contribution in [0.15, 0.2) is 42.5 Å². The van der Waals surface area contributed by atoms with Crippen LogP contribution in [0.2, 0.25) is 0 Å². The largest absolute Gasteiger partial charge is 0.486 e. The highest BCUT2D eigenvalue weighted by atomic mass is 19.1. The van der Waals surface area contributed by atoms with Crippen molar-refractivity contribution in [1.82, 2.24) is 0 Å². The molecule has 4 heteroatoms. The van der Waals surface area contributed by atoms with E-state index in [1.54, 1.807) is 30.3 Å². The van der Waals surface area contributed by atoms with Gasteiger partial charge in [0.05, 0.1) is 5.56 Å². The molecule has 2 N–H and O–H groups in total. The Labute approximate surface area is 104 Å². The van der Waals surface area contributed by atoms with Gasteiger partial charge >= 0.3 is 0 Å². The van der Waals surface area contributed by atoms with Gasteiger partial charge in [0.2, 0.25) is 0 Å². The number of hydrogen-bond acceptors (Lipinski definition) is 3. The summed E-state index contributed by atoms with van der Waals surface area (Å²) in [7, 11) is 0. The second kappa shape index (κ2) is 5.19. The maximum atomic E-state index is 13.3. The highest BCUT2D eigenvalue weighted by Crippen LogP contribution is 2.20. The number of nitrogens with two attached hydrogens (primary N) is 1. The normalized spacial score (nSPS) is 9.78. The lowest BCUT2D eigenvalue weighted by atomic mass is 10.1. The third-order valence-corrected chi connectivity index (χ3v) is 2.51. The summed E-state index contributed by atoms with van der Waals surface area (Å²) in [6, 6.07) is 13.2. The van der Waals surface area contributed by atoms with Gasteiger partial charge < -0.3 is 10.5 Å². The van der Waals surface area contributed by atoms with Crippen LogP contribution in [-0.2, 0) is 6.61 Å². The number of para-hydroxylation sites is 1.